The average molecular weight is 220 g/mol. The van der Waals surface area contributed by atoms with Crippen LogP contribution in [0.15, 0.2) is 30.3 Å². The van der Waals surface area contributed by atoms with Crippen LogP contribution in [0.3, 0.4) is 0 Å². The molecule has 1 aromatic rings. The molecule has 1 saturated heterocycles. The van der Waals surface area contributed by atoms with E-state index < -0.39 is 5.97 Å². The summed E-state index contributed by atoms with van der Waals surface area (Å²) in [4.78, 5) is 10.9. The minimum Gasteiger partial charge on any atom is -0.477 e. The zero-order valence-electron chi connectivity index (χ0n) is 9.43. The largest absolute Gasteiger partial charge is 0.477 e. The van der Waals surface area contributed by atoms with Crippen molar-refractivity contribution in [2.24, 2.45) is 0 Å². The maximum absolute atomic E-state index is 10.9. The Balaban J connectivity index is 2.11. The first-order valence-electron chi connectivity index (χ1n) is 5.81. The molecule has 3 heteroatoms. The molecule has 1 aliphatic heterocycles. The molecule has 2 rings (SSSR count). The van der Waals surface area contributed by atoms with Crippen LogP contribution in [0.4, 0.5) is 0 Å². The zero-order chi connectivity index (χ0) is 11.4. The summed E-state index contributed by atoms with van der Waals surface area (Å²) in [6.07, 6.45) is 2.31. The molecule has 1 N–H and O–H groups in total. The summed E-state index contributed by atoms with van der Waals surface area (Å²) in [5.74, 6) is -0.683. The highest BCUT2D eigenvalue weighted by atomic mass is 16.4. The van der Waals surface area contributed by atoms with Crippen LogP contribution in [0.1, 0.15) is 18.4 Å². The molecule has 0 radical (unpaired) electrons. The molecule has 0 amide bonds. The average Bonchev–Trinajstić information content (AvgIpc) is 2.66. The second-order valence-electron chi connectivity index (χ2n) is 4.69. The fraction of sp³-hybridized carbons (Fsp3) is 0.462. The summed E-state index contributed by atoms with van der Waals surface area (Å²) in [5, 5.41) is 9.00. The van der Waals surface area contributed by atoms with E-state index in [9.17, 15) is 4.79 Å². The highest BCUT2D eigenvalue weighted by molar-refractivity contribution is 5.68. The van der Waals surface area contributed by atoms with Gasteiger partial charge in [-0.15, -0.1) is 0 Å². The van der Waals surface area contributed by atoms with Crippen molar-refractivity contribution >= 4 is 5.97 Å². The van der Waals surface area contributed by atoms with E-state index in [2.05, 4.69) is 12.1 Å². The first-order chi connectivity index (χ1) is 7.70. The van der Waals surface area contributed by atoms with Gasteiger partial charge in [0.05, 0.1) is 13.1 Å². The van der Waals surface area contributed by atoms with Crippen molar-refractivity contribution in [3.63, 3.8) is 0 Å². The van der Waals surface area contributed by atoms with E-state index in [-0.39, 0.29) is 6.54 Å². The maximum Gasteiger partial charge on any atom is 0.359 e. The van der Waals surface area contributed by atoms with Crippen LogP contribution in [0, 0.1) is 0 Å². The van der Waals surface area contributed by atoms with Gasteiger partial charge in [0, 0.05) is 18.4 Å². The van der Waals surface area contributed by atoms with E-state index in [1.54, 1.807) is 0 Å². The van der Waals surface area contributed by atoms with E-state index >= 15 is 0 Å². The van der Waals surface area contributed by atoms with Gasteiger partial charge in [0.25, 0.3) is 0 Å². The summed E-state index contributed by atoms with van der Waals surface area (Å²) in [6, 6.07) is 10.2. The highest BCUT2D eigenvalue weighted by Gasteiger charge is 2.34. The zero-order valence-corrected chi connectivity index (χ0v) is 9.43. The molecule has 1 heterocycles. The lowest BCUT2D eigenvalue weighted by atomic mass is 10.2. The van der Waals surface area contributed by atoms with Crippen LogP contribution in [0.5, 0.6) is 0 Å². The van der Waals surface area contributed by atoms with Crippen LogP contribution in [0.2, 0.25) is 0 Å². The molecule has 0 saturated carbocycles. The summed E-state index contributed by atoms with van der Waals surface area (Å²) in [6.45, 7) is 3.12. The minimum atomic E-state index is -0.683. The van der Waals surface area contributed by atoms with Gasteiger partial charge in [-0.3, -0.25) is 0 Å². The molecule has 86 valence electrons. The summed E-state index contributed by atoms with van der Waals surface area (Å²) in [5.41, 5.74) is 1.24. The first kappa shape index (κ1) is 11.1. The number of hydrogen-bond donors (Lipinski definition) is 1. The van der Waals surface area contributed by atoms with Crippen molar-refractivity contribution in [2.75, 3.05) is 19.6 Å². The van der Waals surface area contributed by atoms with E-state index in [0.717, 1.165) is 37.0 Å². The molecule has 1 fully saturated rings. The molecule has 0 unspecified atom stereocenters. The van der Waals surface area contributed by atoms with Gasteiger partial charge in [0.1, 0.15) is 6.54 Å². The Labute approximate surface area is 95.9 Å². The second-order valence-corrected chi connectivity index (χ2v) is 4.69. The monoisotopic (exact) mass is 220 g/mol. The third kappa shape index (κ3) is 2.61. The molecule has 16 heavy (non-hydrogen) atoms. The van der Waals surface area contributed by atoms with Crippen molar-refractivity contribution in [3.05, 3.63) is 35.9 Å². The molecular weight excluding hydrogens is 202 g/mol. The third-order valence-electron chi connectivity index (χ3n) is 3.35. The number of likely N-dealkylation sites (tertiary alicyclic amines) is 1. The third-order valence-corrected chi connectivity index (χ3v) is 3.35. The molecule has 1 aliphatic rings. The number of nitrogens with zero attached hydrogens (tertiary/aromatic N) is 1. The van der Waals surface area contributed by atoms with Gasteiger partial charge >= 0.3 is 5.97 Å². The van der Waals surface area contributed by atoms with E-state index in [0.29, 0.717) is 0 Å². The van der Waals surface area contributed by atoms with Crippen LogP contribution in [0.25, 0.3) is 0 Å². The van der Waals surface area contributed by atoms with Crippen LogP contribution in [-0.2, 0) is 11.3 Å². The van der Waals surface area contributed by atoms with Gasteiger partial charge in [-0.05, 0) is 0 Å². The van der Waals surface area contributed by atoms with Crippen LogP contribution >= 0.6 is 0 Å². The molecular formula is C13H18NO2+. The summed E-state index contributed by atoms with van der Waals surface area (Å²) < 4.78 is 0.722. The number of carboxylic acids is 1. The predicted molar refractivity (Wildman–Crippen MR) is 61.9 cm³/mol. The lowest BCUT2D eigenvalue weighted by Gasteiger charge is -2.32. The minimum absolute atomic E-state index is 0.259. The Bertz CT molecular complexity index is 355. The molecule has 3 nitrogen and oxygen atoms in total. The van der Waals surface area contributed by atoms with Crippen molar-refractivity contribution < 1.29 is 14.4 Å². The molecule has 0 aromatic heterocycles. The van der Waals surface area contributed by atoms with Crippen LogP contribution < -0.4 is 0 Å². The summed E-state index contributed by atoms with van der Waals surface area (Å²) in [7, 11) is 0. The second kappa shape index (κ2) is 4.66. The number of hydrogen-bond acceptors (Lipinski definition) is 1. The first-order valence-corrected chi connectivity index (χ1v) is 5.81. The molecule has 0 atom stereocenters. The van der Waals surface area contributed by atoms with Gasteiger partial charge in [0.2, 0.25) is 0 Å². The van der Waals surface area contributed by atoms with Gasteiger partial charge < -0.3 is 9.59 Å². The smallest absolute Gasteiger partial charge is 0.359 e. The van der Waals surface area contributed by atoms with Crippen LogP contribution in [-0.4, -0.2) is 35.2 Å². The Kier molecular flexibility index (Phi) is 3.25. The predicted octanol–water partition coefficient (Wildman–Crippen LogP) is 1.88. The molecule has 0 bridgehead atoms. The number of benzene rings is 1. The lowest BCUT2D eigenvalue weighted by molar-refractivity contribution is -0.922. The Morgan fingerprint density at radius 3 is 2.38 bits per heavy atom. The molecule has 0 aliphatic carbocycles. The normalized spacial score (nSPS) is 18.5. The number of carboxylic acid groups (broad SMARTS) is 1. The SMILES string of the molecule is O=C(O)C[N+]1(Cc2ccccc2)CCCC1. The number of aliphatic carboxylic acids is 1. The van der Waals surface area contributed by atoms with E-state index in [1.165, 1.54) is 5.56 Å². The Morgan fingerprint density at radius 1 is 1.19 bits per heavy atom. The van der Waals surface area contributed by atoms with E-state index in [4.69, 9.17) is 5.11 Å². The Hall–Kier alpha value is -1.35. The maximum atomic E-state index is 10.9. The Morgan fingerprint density at radius 2 is 1.81 bits per heavy atom. The fourth-order valence-electron chi connectivity index (χ4n) is 2.64. The quantitative estimate of drug-likeness (QED) is 0.787. The summed E-state index contributed by atoms with van der Waals surface area (Å²) >= 11 is 0. The van der Waals surface area contributed by atoms with Crippen molar-refractivity contribution in [1.29, 1.82) is 0 Å². The number of rotatable bonds is 4. The highest BCUT2D eigenvalue weighted by Crippen LogP contribution is 2.23. The van der Waals surface area contributed by atoms with Gasteiger partial charge in [0.15, 0.2) is 6.54 Å². The van der Waals surface area contributed by atoms with E-state index in [1.807, 2.05) is 18.2 Å². The van der Waals surface area contributed by atoms with Crippen molar-refractivity contribution in [1.82, 2.24) is 0 Å². The van der Waals surface area contributed by atoms with Gasteiger partial charge in [-0.2, -0.15) is 0 Å². The van der Waals surface area contributed by atoms with Crippen molar-refractivity contribution in [3.8, 4) is 0 Å². The van der Waals surface area contributed by atoms with Gasteiger partial charge in [-0.1, -0.05) is 30.3 Å². The van der Waals surface area contributed by atoms with Crippen molar-refractivity contribution in [2.45, 2.75) is 19.4 Å². The number of carbonyl (C=O) groups is 1. The standard InChI is InChI=1S/C13H17NO2/c15-13(16)11-14(8-4-5-9-14)10-12-6-2-1-3-7-12/h1-3,6-7H,4-5,8-11H2/p+1. The fourth-order valence-corrected chi connectivity index (χ4v) is 2.64. The topological polar surface area (TPSA) is 37.3 Å². The molecule has 0 spiro atoms. The lowest BCUT2D eigenvalue weighted by Crippen LogP contribution is -2.48. The number of quaternary nitrogens is 1. The molecule has 1 aromatic carbocycles. The van der Waals surface area contributed by atoms with Gasteiger partial charge in [-0.25, -0.2) is 4.79 Å².